The average Bonchev–Trinajstić information content (AvgIpc) is 3.61. The van der Waals surface area contributed by atoms with E-state index < -0.39 is 18.1 Å². The van der Waals surface area contributed by atoms with E-state index in [2.05, 4.69) is 28.0 Å². The summed E-state index contributed by atoms with van der Waals surface area (Å²) in [5.41, 5.74) is 7.45. The number of benzene rings is 5. The third kappa shape index (κ3) is 7.98. The third-order valence-electron chi connectivity index (χ3n) is 9.82. The number of rotatable bonds is 10. The Hall–Kier alpha value is -5.04. The minimum Gasteiger partial charge on any atom is -0.861 e. The minimum atomic E-state index is -1.27. The van der Waals surface area contributed by atoms with Crippen molar-refractivity contribution in [2.75, 3.05) is 18.0 Å². The predicted molar refractivity (Wildman–Crippen MR) is 196 cm³/mol. The quantitative estimate of drug-likeness (QED) is 0.103. The van der Waals surface area contributed by atoms with Gasteiger partial charge in [0, 0.05) is 35.9 Å². The molecule has 2 heterocycles. The number of aliphatic carboxylic acids is 1. The molecule has 0 aliphatic carbocycles. The summed E-state index contributed by atoms with van der Waals surface area (Å²) in [7, 11) is 0. The van der Waals surface area contributed by atoms with Crippen molar-refractivity contribution in [1.82, 2.24) is 4.90 Å². The molecule has 0 bridgehead atoms. The van der Waals surface area contributed by atoms with E-state index in [9.17, 15) is 15.0 Å². The van der Waals surface area contributed by atoms with E-state index >= 15 is 0 Å². The monoisotopic (exact) mass is 718 g/mol. The second-order valence-electron chi connectivity index (χ2n) is 13.1. The van der Waals surface area contributed by atoms with Crippen LogP contribution in [-0.4, -0.2) is 47.7 Å². The van der Waals surface area contributed by atoms with Gasteiger partial charge in [-0.15, -0.1) is 0 Å². The zero-order valence-corrected chi connectivity index (χ0v) is 29.5. The summed E-state index contributed by atoms with van der Waals surface area (Å²) in [6, 6.07) is 41.0. The molecule has 8 heteroatoms. The first-order valence-corrected chi connectivity index (χ1v) is 17.3. The molecular weight excluding hydrogens is 679 g/mol. The van der Waals surface area contributed by atoms with E-state index in [4.69, 9.17) is 9.98 Å². The fourth-order valence-corrected chi connectivity index (χ4v) is 7.33. The van der Waals surface area contributed by atoms with E-state index in [1.165, 1.54) is 0 Å². The van der Waals surface area contributed by atoms with Crippen LogP contribution in [-0.2, 0) is 34.3 Å². The molecule has 1 saturated heterocycles. The Balaban J connectivity index is 0.00000448. The van der Waals surface area contributed by atoms with Crippen LogP contribution in [0.3, 0.4) is 0 Å². The number of para-hydroxylation sites is 1. The van der Waals surface area contributed by atoms with Gasteiger partial charge in [0.2, 0.25) is 0 Å². The number of carboxylic acids is 1. The van der Waals surface area contributed by atoms with Crippen LogP contribution >= 0.6 is 0 Å². The average molecular weight is 720 g/mol. The number of hydrogen-bond donors (Lipinski definition) is 0. The predicted octanol–water partition coefficient (Wildman–Crippen LogP) is 5.81. The summed E-state index contributed by atoms with van der Waals surface area (Å²) < 4.78 is 0. The van der Waals surface area contributed by atoms with Gasteiger partial charge in [-0.25, -0.2) is 0 Å². The molecule has 5 aromatic rings. The Labute approximate surface area is 309 Å². The maximum Gasteiger partial charge on any atom is 2.00 e. The number of aliphatic imine (C=N–C) groups is 2. The molecular formula is C43H40N4NiO3. The molecule has 0 radical (unpaired) electrons. The first-order chi connectivity index (χ1) is 24.5. The molecule has 7 nitrogen and oxygen atoms in total. The van der Waals surface area contributed by atoms with Crippen molar-refractivity contribution < 1.29 is 31.5 Å². The van der Waals surface area contributed by atoms with Crippen molar-refractivity contribution in [3.05, 3.63) is 167 Å². The summed E-state index contributed by atoms with van der Waals surface area (Å²) >= 11 is 0. The molecule has 51 heavy (non-hydrogen) atoms. The minimum absolute atomic E-state index is 0. The zero-order valence-electron chi connectivity index (χ0n) is 28.5. The Morgan fingerprint density at radius 3 is 2.22 bits per heavy atom. The van der Waals surface area contributed by atoms with E-state index in [1.54, 1.807) is 0 Å². The maximum absolute atomic E-state index is 13.9. The van der Waals surface area contributed by atoms with Crippen LogP contribution in [0.5, 0.6) is 0 Å². The van der Waals surface area contributed by atoms with E-state index in [-0.39, 0.29) is 28.4 Å². The molecule has 260 valence electrons. The number of carbonyl (C=O) groups excluding carboxylic acids is 1. The molecule has 0 amide bonds. The summed E-state index contributed by atoms with van der Waals surface area (Å²) in [5.74, 6) is -1.48. The van der Waals surface area contributed by atoms with Gasteiger partial charge in [-0.05, 0) is 73.5 Å². The Bertz CT molecular complexity index is 2000. The van der Waals surface area contributed by atoms with Crippen LogP contribution in [0.4, 0.5) is 11.4 Å². The molecule has 0 saturated carbocycles. The normalized spacial score (nSPS) is 18.5. The van der Waals surface area contributed by atoms with E-state index in [0.29, 0.717) is 30.1 Å². The Morgan fingerprint density at radius 1 is 0.804 bits per heavy atom. The van der Waals surface area contributed by atoms with Crippen LogP contribution in [0.25, 0.3) is 0 Å². The van der Waals surface area contributed by atoms with Gasteiger partial charge in [0.05, 0.1) is 23.4 Å². The number of likely N-dealkylation sites (tertiary alicyclic amines) is 1. The maximum atomic E-state index is 13.9. The SMILES string of the molecule is Cc1ccc(N2CCc3ccccc3[C@@H]2[C@H](N=C(c2ccccc2)c2ccccc2N=C([O-])[C@@H]2CCCN2Cc2ccccc2)C(=O)[O-])cc1.[Ni+2]. The van der Waals surface area contributed by atoms with Crippen LogP contribution < -0.4 is 15.1 Å². The number of hydrogen-bond acceptors (Lipinski definition) is 7. The molecule has 5 aromatic carbocycles. The van der Waals surface area contributed by atoms with Crippen molar-refractivity contribution in [3.63, 3.8) is 0 Å². The van der Waals surface area contributed by atoms with Gasteiger partial charge in [-0.3, -0.25) is 14.9 Å². The van der Waals surface area contributed by atoms with Gasteiger partial charge < -0.3 is 19.9 Å². The summed E-state index contributed by atoms with van der Waals surface area (Å²) in [6.45, 7) is 4.17. The summed E-state index contributed by atoms with van der Waals surface area (Å²) in [6.07, 6.45) is 2.44. The first-order valence-electron chi connectivity index (χ1n) is 17.3. The van der Waals surface area contributed by atoms with Gasteiger partial charge in [0.15, 0.2) is 0 Å². The van der Waals surface area contributed by atoms with Crippen LogP contribution in [0.2, 0.25) is 0 Å². The molecule has 2 aliphatic rings. The molecule has 2 aliphatic heterocycles. The summed E-state index contributed by atoms with van der Waals surface area (Å²) in [5, 5.41) is 27.2. The fraction of sp³-hybridized carbons (Fsp3) is 0.233. The molecule has 0 aromatic heterocycles. The molecule has 7 rings (SSSR count). The number of fused-ring (bicyclic) bond motifs is 1. The van der Waals surface area contributed by atoms with Crippen molar-refractivity contribution in [2.45, 2.75) is 50.9 Å². The van der Waals surface area contributed by atoms with Gasteiger partial charge in [0.25, 0.3) is 0 Å². The van der Waals surface area contributed by atoms with Crippen molar-refractivity contribution in [2.24, 2.45) is 9.98 Å². The number of aryl methyl sites for hydroxylation is 1. The van der Waals surface area contributed by atoms with E-state index in [1.807, 2.05) is 122 Å². The Morgan fingerprint density at radius 2 is 1.47 bits per heavy atom. The van der Waals surface area contributed by atoms with Crippen molar-refractivity contribution in [3.8, 4) is 0 Å². The first kappa shape index (κ1) is 35.8. The van der Waals surface area contributed by atoms with Gasteiger partial charge >= 0.3 is 16.5 Å². The fourth-order valence-electron chi connectivity index (χ4n) is 7.33. The Kier molecular flexibility index (Phi) is 11.5. The van der Waals surface area contributed by atoms with Crippen molar-refractivity contribution >= 4 is 29.0 Å². The van der Waals surface area contributed by atoms with Gasteiger partial charge in [-0.2, -0.15) is 0 Å². The molecule has 0 spiro atoms. The second-order valence-corrected chi connectivity index (χ2v) is 13.1. The largest absolute Gasteiger partial charge is 2.00 e. The van der Waals surface area contributed by atoms with Gasteiger partial charge in [0.1, 0.15) is 6.04 Å². The zero-order chi connectivity index (χ0) is 34.5. The van der Waals surface area contributed by atoms with Gasteiger partial charge in [-0.1, -0.05) is 121 Å². The number of anilines is 1. The standard InChI is InChI=1S/C43H42N4O3.Ni/c1-30-22-24-34(25-23-30)47-28-26-32-15-8-9-18-35(32)41(47)40(43(49)50)45-39(33-16-6-3-7-17-33)36-19-10-11-20-37(36)44-42(48)38-21-12-27-46(38)29-31-13-4-2-5-14-31;/h2-11,13-20,22-25,38,40-41H,12,21,26-29H2,1H3,(H,44,48)(H,49,50);/q;+2/p-2/t38-,40-,41+;/m0./s1. The van der Waals surface area contributed by atoms with E-state index in [0.717, 1.165) is 59.3 Å². The van der Waals surface area contributed by atoms with Crippen LogP contribution in [0.15, 0.2) is 143 Å². The topological polar surface area (TPSA) is 94.4 Å². The summed E-state index contributed by atoms with van der Waals surface area (Å²) in [4.78, 5) is 27.5. The number of carboxylic acid groups (broad SMARTS) is 1. The molecule has 3 atom stereocenters. The van der Waals surface area contributed by atoms with Crippen LogP contribution in [0.1, 0.15) is 52.3 Å². The molecule has 1 fully saturated rings. The second kappa shape index (κ2) is 16.3. The number of nitrogens with zero attached hydrogens (tertiary/aromatic N) is 4. The molecule has 0 unspecified atom stereocenters. The van der Waals surface area contributed by atoms with Crippen molar-refractivity contribution in [1.29, 1.82) is 0 Å². The molecule has 0 N–H and O–H groups in total. The van der Waals surface area contributed by atoms with Crippen LogP contribution in [0, 0.1) is 6.92 Å². The third-order valence-corrected chi connectivity index (χ3v) is 9.82. The smallest absolute Gasteiger partial charge is 0.861 e. The number of carbonyl (C=O) groups is 1.